The number of halogens is 3. The number of benzene rings is 2. The summed E-state index contributed by atoms with van der Waals surface area (Å²) < 4.78 is 50.3. The second-order valence-electron chi connectivity index (χ2n) is 10.3. The molecule has 0 bridgehead atoms. The van der Waals surface area contributed by atoms with Crippen LogP contribution in [0.2, 0.25) is 0 Å². The molecule has 0 radical (unpaired) electrons. The zero-order chi connectivity index (χ0) is 27.5. The number of hydrogen-bond donors (Lipinski definition) is 2. The summed E-state index contributed by atoms with van der Waals surface area (Å²) in [6.07, 6.45) is 0. The number of likely N-dealkylation sites (N-methyl/N-ethyl adjacent to an activating group) is 1. The maximum Gasteiger partial charge on any atom is 0.303 e. The van der Waals surface area contributed by atoms with Gasteiger partial charge in [-0.1, -0.05) is 12.1 Å². The molecule has 2 atom stereocenters. The van der Waals surface area contributed by atoms with Crippen molar-refractivity contribution in [1.29, 1.82) is 0 Å². The summed E-state index contributed by atoms with van der Waals surface area (Å²) in [6, 6.07) is 6.58. The van der Waals surface area contributed by atoms with Gasteiger partial charge in [0.15, 0.2) is 0 Å². The van der Waals surface area contributed by atoms with Gasteiger partial charge in [0, 0.05) is 30.8 Å². The van der Waals surface area contributed by atoms with Crippen LogP contribution in [0.1, 0.15) is 56.3 Å². The second kappa shape index (κ2) is 8.95. The van der Waals surface area contributed by atoms with Crippen molar-refractivity contribution in [2.24, 2.45) is 0 Å². The molecule has 0 spiro atoms. The Hall–Kier alpha value is -3.24. The summed E-state index contributed by atoms with van der Waals surface area (Å²) in [4.78, 5) is 23.7. The lowest BCUT2D eigenvalue weighted by Crippen LogP contribution is -2.41. The minimum atomic E-state index is -3.81. The van der Waals surface area contributed by atoms with Crippen molar-refractivity contribution in [2.75, 3.05) is 31.0 Å². The van der Waals surface area contributed by atoms with E-state index in [2.05, 4.69) is 15.3 Å². The van der Waals surface area contributed by atoms with E-state index >= 15 is 4.39 Å². The molecule has 0 saturated carbocycles. The van der Waals surface area contributed by atoms with Crippen LogP contribution in [0.25, 0.3) is 10.9 Å². The van der Waals surface area contributed by atoms with Crippen molar-refractivity contribution >= 4 is 28.3 Å². The Morgan fingerprint density at radius 3 is 2.54 bits per heavy atom. The van der Waals surface area contributed by atoms with Crippen LogP contribution >= 0.6 is 0 Å². The van der Waals surface area contributed by atoms with E-state index in [1.165, 1.54) is 19.2 Å². The van der Waals surface area contributed by atoms with E-state index in [0.29, 0.717) is 28.2 Å². The molecule has 1 aromatic heterocycles. The third kappa shape index (κ3) is 4.21. The van der Waals surface area contributed by atoms with Crippen LogP contribution in [0.15, 0.2) is 30.3 Å². The lowest BCUT2D eigenvalue weighted by Gasteiger charge is -2.30. The summed E-state index contributed by atoms with van der Waals surface area (Å²) in [5, 5.41) is 13.7. The van der Waals surface area contributed by atoms with Gasteiger partial charge in [0.2, 0.25) is 5.91 Å². The summed E-state index contributed by atoms with van der Waals surface area (Å²) in [7, 11) is 3.23. The first-order valence-electron chi connectivity index (χ1n) is 11.9. The fraction of sp³-hybridized carbons (Fsp3) is 0.444. The third-order valence-electron chi connectivity index (χ3n) is 7.05. The van der Waals surface area contributed by atoms with E-state index in [1.807, 2.05) is 13.0 Å². The smallest absolute Gasteiger partial charge is 0.303 e. The number of nitrogens with zero attached hydrogens (tertiary/aromatic N) is 3. The normalized spacial score (nSPS) is 18.9. The number of carbonyl (C=O) groups excluding carboxylic acids is 1. The molecule has 1 unspecified atom stereocenters. The molecule has 2 N–H and O–H groups in total. The zero-order valence-electron chi connectivity index (χ0n) is 21.9. The van der Waals surface area contributed by atoms with Crippen LogP contribution in [-0.2, 0) is 20.9 Å². The topological polar surface area (TPSA) is 87.6 Å². The van der Waals surface area contributed by atoms with Crippen LogP contribution in [0, 0.1) is 12.7 Å². The molecule has 4 rings (SSSR count). The second-order valence-corrected chi connectivity index (χ2v) is 10.3. The monoisotopic (exact) mass is 516 g/mol. The SMILES string of the molecule is COCC1(C)C(=O)N(C)c2cc3nc(C)nc(N[C@H](C)c4cccc(C(F)(F)C(C)(C)O)c4F)c3cc21. The Labute approximate surface area is 213 Å². The van der Waals surface area contributed by atoms with Gasteiger partial charge in [-0.15, -0.1) is 0 Å². The van der Waals surface area contributed by atoms with Gasteiger partial charge in [-0.25, -0.2) is 14.4 Å². The van der Waals surface area contributed by atoms with Crippen molar-refractivity contribution in [3.63, 3.8) is 0 Å². The first kappa shape index (κ1) is 26.8. The van der Waals surface area contributed by atoms with Crippen LogP contribution in [0.4, 0.5) is 24.7 Å². The molecule has 0 fully saturated rings. The van der Waals surface area contributed by atoms with E-state index in [4.69, 9.17) is 4.74 Å². The quantitative estimate of drug-likeness (QED) is 0.460. The van der Waals surface area contributed by atoms with Gasteiger partial charge in [0.25, 0.3) is 0 Å². The van der Waals surface area contributed by atoms with Gasteiger partial charge in [0.05, 0.1) is 29.1 Å². The molecular weight excluding hydrogens is 485 g/mol. The highest BCUT2D eigenvalue weighted by Gasteiger charge is 2.49. The number of aromatic nitrogens is 2. The van der Waals surface area contributed by atoms with Crippen molar-refractivity contribution in [3.8, 4) is 0 Å². The number of methoxy groups -OCH3 is 1. The molecule has 2 heterocycles. The van der Waals surface area contributed by atoms with Gasteiger partial charge in [-0.05, 0) is 58.4 Å². The van der Waals surface area contributed by atoms with Gasteiger partial charge in [-0.2, -0.15) is 8.78 Å². The number of fused-ring (bicyclic) bond motifs is 2. The van der Waals surface area contributed by atoms with Gasteiger partial charge in [0.1, 0.15) is 23.1 Å². The number of ether oxygens (including phenoxy) is 1. The Kier molecular flexibility index (Phi) is 6.49. The first-order chi connectivity index (χ1) is 17.1. The molecule has 198 valence electrons. The maximum atomic E-state index is 15.4. The van der Waals surface area contributed by atoms with Crippen LogP contribution in [-0.4, -0.2) is 47.3 Å². The molecule has 1 aliphatic heterocycles. The molecule has 2 aromatic carbocycles. The Morgan fingerprint density at radius 1 is 1.24 bits per heavy atom. The molecule has 0 aliphatic carbocycles. The lowest BCUT2D eigenvalue weighted by molar-refractivity contribution is -0.170. The van der Waals surface area contributed by atoms with E-state index < -0.39 is 34.4 Å². The summed E-state index contributed by atoms with van der Waals surface area (Å²) >= 11 is 0. The van der Waals surface area contributed by atoms with Crippen molar-refractivity contribution in [1.82, 2.24) is 9.97 Å². The van der Waals surface area contributed by atoms with Gasteiger partial charge >= 0.3 is 5.92 Å². The molecule has 0 saturated heterocycles. The number of aryl methyl sites for hydroxylation is 1. The number of nitrogens with one attached hydrogen (secondary N) is 1. The predicted octanol–water partition coefficient (Wildman–Crippen LogP) is 4.99. The molecular formula is C27H31F3N4O3. The van der Waals surface area contributed by atoms with Crippen molar-refractivity contribution < 1.29 is 27.8 Å². The van der Waals surface area contributed by atoms with Gasteiger partial charge in [-0.3, -0.25) is 4.79 Å². The highest BCUT2D eigenvalue weighted by Crippen LogP contribution is 2.45. The Morgan fingerprint density at radius 2 is 1.92 bits per heavy atom. The summed E-state index contributed by atoms with van der Waals surface area (Å²) in [5.41, 5.74) is -2.23. The number of carbonyl (C=O) groups is 1. The molecule has 7 nitrogen and oxygen atoms in total. The maximum absolute atomic E-state index is 15.4. The predicted molar refractivity (Wildman–Crippen MR) is 136 cm³/mol. The Balaban J connectivity index is 1.81. The number of rotatable bonds is 7. The zero-order valence-corrected chi connectivity index (χ0v) is 21.9. The van der Waals surface area contributed by atoms with Crippen LogP contribution in [0.3, 0.4) is 0 Å². The molecule has 37 heavy (non-hydrogen) atoms. The largest absolute Gasteiger partial charge is 0.384 e. The molecule has 10 heteroatoms. The third-order valence-corrected chi connectivity index (χ3v) is 7.05. The van der Waals surface area contributed by atoms with Gasteiger partial charge < -0.3 is 20.1 Å². The first-order valence-corrected chi connectivity index (χ1v) is 11.9. The highest BCUT2D eigenvalue weighted by atomic mass is 19.3. The van der Waals surface area contributed by atoms with E-state index in [-0.39, 0.29) is 18.1 Å². The number of amides is 1. The number of alkyl halides is 2. The summed E-state index contributed by atoms with van der Waals surface area (Å²) in [6.45, 7) is 7.20. The van der Waals surface area contributed by atoms with Crippen LogP contribution < -0.4 is 10.2 Å². The van der Waals surface area contributed by atoms with Crippen LogP contribution in [0.5, 0.6) is 0 Å². The van der Waals surface area contributed by atoms with E-state index in [0.717, 1.165) is 25.5 Å². The number of anilines is 2. The van der Waals surface area contributed by atoms with E-state index in [9.17, 15) is 18.7 Å². The standard InChI is InChI=1S/C27H31F3N4O3/c1-14(16-9-8-10-18(22(16)28)27(29,30)25(3,4)36)31-23-17-11-19-21(12-20(17)32-15(2)33-23)34(6)24(35)26(19,5)13-37-7/h8-12,14,36H,13H2,1-7H3,(H,31,32,33)/t14-,26?/m1/s1. The summed E-state index contributed by atoms with van der Waals surface area (Å²) in [5.74, 6) is -4.21. The molecule has 3 aromatic rings. The van der Waals surface area contributed by atoms with Crippen molar-refractivity contribution in [2.45, 2.75) is 57.6 Å². The number of hydrogen-bond acceptors (Lipinski definition) is 6. The fourth-order valence-corrected chi connectivity index (χ4v) is 4.87. The average molecular weight is 517 g/mol. The Bertz CT molecular complexity index is 1390. The average Bonchev–Trinajstić information content (AvgIpc) is 2.98. The minimum Gasteiger partial charge on any atom is -0.384 e. The lowest BCUT2D eigenvalue weighted by atomic mass is 9.84. The molecule has 1 aliphatic rings. The number of aliphatic hydroxyl groups is 1. The fourth-order valence-electron chi connectivity index (χ4n) is 4.87. The molecule has 1 amide bonds. The minimum absolute atomic E-state index is 0.00821. The van der Waals surface area contributed by atoms with E-state index in [1.54, 1.807) is 31.9 Å². The van der Waals surface area contributed by atoms with Crippen molar-refractivity contribution in [3.05, 3.63) is 58.7 Å². The highest BCUT2D eigenvalue weighted by molar-refractivity contribution is 6.10.